The van der Waals surface area contributed by atoms with E-state index in [9.17, 15) is 9.18 Å². The van der Waals surface area contributed by atoms with Gasteiger partial charge in [-0.3, -0.25) is 9.48 Å². The highest BCUT2D eigenvalue weighted by Crippen LogP contribution is 2.20. The fourth-order valence-corrected chi connectivity index (χ4v) is 3.15. The minimum atomic E-state index is -0.271. The summed E-state index contributed by atoms with van der Waals surface area (Å²) >= 11 is 0. The summed E-state index contributed by atoms with van der Waals surface area (Å²) in [5.41, 5.74) is 4.69. The lowest BCUT2D eigenvalue weighted by molar-refractivity contribution is -0.115. The van der Waals surface area contributed by atoms with Crippen LogP contribution in [0.25, 0.3) is 11.3 Å². The van der Waals surface area contributed by atoms with Gasteiger partial charge in [0, 0.05) is 24.0 Å². The maximum absolute atomic E-state index is 13.0. The molecule has 0 aliphatic rings. The van der Waals surface area contributed by atoms with E-state index in [0.29, 0.717) is 12.4 Å². The molecular weight excluding hydrogens is 381 g/mol. The maximum atomic E-state index is 13.0. The largest absolute Gasteiger partial charge is 0.309 e. The molecule has 7 heteroatoms. The van der Waals surface area contributed by atoms with E-state index in [0.717, 1.165) is 27.9 Å². The van der Waals surface area contributed by atoms with Gasteiger partial charge in [-0.05, 0) is 35.7 Å². The molecule has 0 unspecified atom stereocenters. The second-order valence-electron chi connectivity index (χ2n) is 7.00. The third kappa shape index (κ3) is 4.75. The van der Waals surface area contributed by atoms with Gasteiger partial charge in [0.1, 0.15) is 12.1 Å². The lowest BCUT2D eigenvalue weighted by atomic mass is 10.0. The van der Waals surface area contributed by atoms with E-state index in [1.165, 1.54) is 18.5 Å². The van der Waals surface area contributed by atoms with E-state index in [1.54, 1.807) is 35.3 Å². The smallest absolute Gasteiger partial charge is 0.229 e. The van der Waals surface area contributed by atoms with E-state index < -0.39 is 0 Å². The number of halogens is 1. The molecule has 4 rings (SSSR count). The molecule has 2 aromatic heterocycles. The van der Waals surface area contributed by atoms with Crippen molar-refractivity contribution < 1.29 is 9.18 Å². The molecule has 1 amide bonds. The van der Waals surface area contributed by atoms with Crippen molar-refractivity contribution >= 4 is 11.7 Å². The predicted octanol–water partition coefficient (Wildman–Crippen LogP) is 4.02. The highest BCUT2D eigenvalue weighted by molar-refractivity contribution is 5.91. The number of rotatable bonds is 6. The first-order valence-corrected chi connectivity index (χ1v) is 9.50. The Kier molecular flexibility index (Phi) is 5.61. The molecule has 6 nitrogen and oxygen atoms in total. The molecule has 0 saturated heterocycles. The molecule has 0 radical (unpaired) electrons. The number of benzene rings is 2. The summed E-state index contributed by atoms with van der Waals surface area (Å²) in [4.78, 5) is 20.7. The van der Waals surface area contributed by atoms with Crippen molar-refractivity contribution in [3.8, 4) is 11.3 Å². The second kappa shape index (κ2) is 8.65. The summed E-state index contributed by atoms with van der Waals surface area (Å²) in [7, 11) is 0. The van der Waals surface area contributed by atoms with Crippen LogP contribution in [0, 0.1) is 12.7 Å². The van der Waals surface area contributed by atoms with Crippen LogP contribution in [-0.4, -0.2) is 25.7 Å². The molecule has 0 saturated carbocycles. The Bertz CT molecular complexity index is 1150. The van der Waals surface area contributed by atoms with Crippen molar-refractivity contribution in [1.82, 2.24) is 19.7 Å². The third-order valence-electron chi connectivity index (χ3n) is 4.65. The average Bonchev–Trinajstić information content (AvgIpc) is 3.17. The van der Waals surface area contributed by atoms with Crippen LogP contribution in [0.15, 0.2) is 73.3 Å². The van der Waals surface area contributed by atoms with E-state index >= 15 is 0 Å². The van der Waals surface area contributed by atoms with Crippen molar-refractivity contribution in [3.63, 3.8) is 0 Å². The monoisotopic (exact) mass is 401 g/mol. The summed E-state index contributed by atoms with van der Waals surface area (Å²) in [6, 6.07) is 15.7. The summed E-state index contributed by atoms with van der Waals surface area (Å²) in [5, 5.41) is 7.16. The van der Waals surface area contributed by atoms with E-state index in [1.807, 2.05) is 31.2 Å². The molecule has 150 valence electrons. The van der Waals surface area contributed by atoms with E-state index in [4.69, 9.17) is 0 Å². The van der Waals surface area contributed by atoms with Crippen LogP contribution in [0.3, 0.4) is 0 Å². The normalized spacial score (nSPS) is 10.7. The molecule has 0 bridgehead atoms. The zero-order valence-corrected chi connectivity index (χ0v) is 16.4. The number of amides is 1. The fraction of sp³-hybridized carbons (Fsp3) is 0.130. The van der Waals surface area contributed by atoms with Crippen LogP contribution in [0.4, 0.5) is 10.2 Å². The van der Waals surface area contributed by atoms with Gasteiger partial charge in [-0.25, -0.2) is 14.4 Å². The van der Waals surface area contributed by atoms with Crippen molar-refractivity contribution in [3.05, 3.63) is 95.8 Å². The van der Waals surface area contributed by atoms with Crippen molar-refractivity contribution in [1.29, 1.82) is 0 Å². The van der Waals surface area contributed by atoms with Gasteiger partial charge < -0.3 is 5.32 Å². The number of aromatic nitrogens is 4. The Morgan fingerprint density at radius 2 is 1.77 bits per heavy atom. The van der Waals surface area contributed by atoms with E-state index in [-0.39, 0.29) is 18.1 Å². The molecule has 2 aromatic carbocycles. The van der Waals surface area contributed by atoms with Crippen LogP contribution in [0.2, 0.25) is 0 Å². The van der Waals surface area contributed by atoms with Crippen LogP contribution >= 0.6 is 0 Å². The topological polar surface area (TPSA) is 72.7 Å². The van der Waals surface area contributed by atoms with Gasteiger partial charge >= 0.3 is 0 Å². The zero-order valence-electron chi connectivity index (χ0n) is 16.4. The lowest BCUT2D eigenvalue weighted by Gasteiger charge is -2.06. The van der Waals surface area contributed by atoms with Gasteiger partial charge in [0.15, 0.2) is 5.82 Å². The minimum absolute atomic E-state index is 0.145. The predicted molar refractivity (Wildman–Crippen MR) is 112 cm³/mol. The van der Waals surface area contributed by atoms with Gasteiger partial charge in [0.25, 0.3) is 0 Å². The Hall–Kier alpha value is -3.87. The Balaban J connectivity index is 1.35. The Labute approximate surface area is 173 Å². The summed E-state index contributed by atoms with van der Waals surface area (Å²) in [6.45, 7) is 2.46. The van der Waals surface area contributed by atoms with Crippen molar-refractivity contribution in [2.75, 3.05) is 5.32 Å². The number of anilines is 1. The zero-order chi connectivity index (χ0) is 20.9. The minimum Gasteiger partial charge on any atom is -0.309 e. The fourth-order valence-electron chi connectivity index (χ4n) is 3.15. The molecule has 0 aliphatic carbocycles. The molecule has 4 aromatic rings. The van der Waals surface area contributed by atoms with Crippen molar-refractivity contribution in [2.45, 2.75) is 19.9 Å². The van der Waals surface area contributed by atoms with Gasteiger partial charge in [0.05, 0.1) is 18.7 Å². The van der Waals surface area contributed by atoms with Gasteiger partial charge in [0.2, 0.25) is 5.91 Å². The Morgan fingerprint density at radius 1 is 1.03 bits per heavy atom. The molecule has 0 spiro atoms. The van der Waals surface area contributed by atoms with Gasteiger partial charge in [-0.1, -0.05) is 36.4 Å². The SMILES string of the molecule is Cc1cncnc1-c1ccc(CC(=O)Nc2ccn(Cc3ccc(F)cc3)n2)cc1. The van der Waals surface area contributed by atoms with Crippen LogP contribution < -0.4 is 5.32 Å². The number of carbonyl (C=O) groups is 1. The van der Waals surface area contributed by atoms with Crippen LogP contribution in [0.5, 0.6) is 0 Å². The van der Waals surface area contributed by atoms with E-state index in [2.05, 4.69) is 20.4 Å². The first kappa shape index (κ1) is 19.4. The number of hydrogen-bond acceptors (Lipinski definition) is 4. The summed E-state index contributed by atoms with van der Waals surface area (Å²) < 4.78 is 14.7. The average molecular weight is 401 g/mol. The molecule has 0 aliphatic heterocycles. The standard InChI is InChI=1S/C23H20FN5O/c1-16-13-25-15-26-23(16)19-6-2-17(3-7-19)12-22(30)27-21-10-11-29(28-21)14-18-4-8-20(24)9-5-18/h2-11,13,15H,12,14H2,1H3,(H,27,28,30). The molecule has 2 heterocycles. The summed E-state index contributed by atoms with van der Waals surface area (Å²) in [5.74, 6) is 0.0655. The molecule has 0 atom stereocenters. The van der Waals surface area contributed by atoms with Crippen LogP contribution in [-0.2, 0) is 17.8 Å². The number of hydrogen-bond donors (Lipinski definition) is 1. The number of carbonyl (C=O) groups excluding carboxylic acids is 1. The lowest BCUT2D eigenvalue weighted by Crippen LogP contribution is -2.15. The summed E-state index contributed by atoms with van der Waals surface area (Å²) in [6.07, 6.45) is 5.32. The van der Waals surface area contributed by atoms with Gasteiger partial charge in [-0.15, -0.1) is 0 Å². The molecule has 0 fully saturated rings. The maximum Gasteiger partial charge on any atom is 0.229 e. The first-order chi connectivity index (χ1) is 14.6. The first-order valence-electron chi connectivity index (χ1n) is 9.50. The third-order valence-corrected chi connectivity index (χ3v) is 4.65. The van der Waals surface area contributed by atoms with Crippen molar-refractivity contribution in [2.24, 2.45) is 0 Å². The number of aryl methyl sites for hydroxylation is 1. The number of nitrogens with zero attached hydrogens (tertiary/aromatic N) is 4. The second-order valence-corrected chi connectivity index (χ2v) is 7.00. The Morgan fingerprint density at radius 3 is 2.50 bits per heavy atom. The molecule has 30 heavy (non-hydrogen) atoms. The molecular formula is C23H20FN5O. The van der Waals surface area contributed by atoms with Gasteiger partial charge in [-0.2, -0.15) is 5.10 Å². The highest BCUT2D eigenvalue weighted by Gasteiger charge is 2.08. The quantitative estimate of drug-likeness (QED) is 0.530. The number of nitrogens with one attached hydrogen (secondary N) is 1. The van der Waals surface area contributed by atoms with Crippen LogP contribution in [0.1, 0.15) is 16.7 Å². The molecule has 1 N–H and O–H groups in total. The highest BCUT2D eigenvalue weighted by atomic mass is 19.1.